The quantitative estimate of drug-likeness (QED) is 0.750. The van der Waals surface area contributed by atoms with Crippen LogP contribution in [0.2, 0.25) is 0 Å². The van der Waals surface area contributed by atoms with E-state index in [1.54, 1.807) is 0 Å². The lowest BCUT2D eigenvalue weighted by Gasteiger charge is -2.46. The highest BCUT2D eigenvalue weighted by molar-refractivity contribution is 5.77. The van der Waals surface area contributed by atoms with E-state index in [1.807, 2.05) is 4.90 Å². The summed E-state index contributed by atoms with van der Waals surface area (Å²) >= 11 is 0. The Labute approximate surface area is 103 Å². The zero-order valence-electron chi connectivity index (χ0n) is 10.8. The van der Waals surface area contributed by atoms with E-state index in [-0.39, 0.29) is 23.5 Å². The van der Waals surface area contributed by atoms with Gasteiger partial charge in [-0.15, -0.1) is 0 Å². The van der Waals surface area contributed by atoms with Crippen LogP contribution in [-0.4, -0.2) is 47.8 Å². The fourth-order valence-electron chi connectivity index (χ4n) is 2.97. The predicted octanol–water partition coefficient (Wildman–Crippen LogP) is 1.17. The Morgan fingerprint density at radius 3 is 2.94 bits per heavy atom. The molecule has 0 radical (unpaired) electrons. The van der Waals surface area contributed by atoms with Crippen molar-refractivity contribution in [3.05, 3.63) is 0 Å². The second kappa shape index (κ2) is 4.94. The lowest BCUT2D eigenvalue weighted by atomic mass is 9.71. The molecule has 0 bridgehead atoms. The maximum absolute atomic E-state index is 12.1. The molecule has 0 aromatic heterocycles. The van der Waals surface area contributed by atoms with Crippen molar-refractivity contribution >= 4 is 5.91 Å². The number of ether oxygens (including phenoxy) is 1. The third-order valence-corrected chi connectivity index (χ3v) is 4.15. The topological polar surface area (TPSA) is 49.8 Å². The van der Waals surface area contributed by atoms with Crippen molar-refractivity contribution in [1.29, 1.82) is 0 Å². The average molecular weight is 241 g/mol. The van der Waals surface area contributed by atoms with Gasteiger partial charge in [0.15, 0.2) is 0 Å². The number of carbonyl (C=O) groups excluding carboxylic acids is 1. The molecule has 0 aromatic rings. The second-order valence-corrected chi connectivity index (χ2v) is 5.88. The van der Waals surface area contributed by atoms with E-state index in [0.29, 0.717) is 32.6 Å². The van der Waals surface area contributed by atoms with Crippen molar-refractivity contribution in [1.82, 2.24) is 4.90 Å². The van der Waals surface area contributed by atoms with Gasteiger partial charge in [-0.1, -0.05) is 13.8 Å². The molecule has 2 atom stereocenters. The molecule has 2 fully saturated rings. The summed E-state index contributed by atoms with van der Waals surface area (Å²) in [6.07, 6.45) is 2.75. The monoisotopic (exact) mass is 241 g/mol. The van der Waals surface area contributed by atoms with E-state index < -0.39 is 0 Å². The molecule has 1 saturated heterocycles. The lowest BCUT2D eigenvalue weighted by Crippen LogP contribution is -2.52. The molecule has 2 unspecified atom stereocenters. The van der Waals surface area contributed by atoms with E-state index in [2.05, 4.69) is 13.8 Å². The Balaban J connectivity index is 2.14. The summed E-state index contributed by atoms with van der Waals surface area (Å²) < 4.78 is 5.36. The number of rotatable bonds is 1. The first-order valence-corrected chi connectivity index (χ1v) is 6.56. The minimum atomic E-state index is -0.259. The maximum atomic E-state index is 12.1. The molecule has 1 aliphatic carbocycles. The second-order valence-electron chi connectivity index (χ2n) is 5.88. The highest BCUT2D eigenvalue weighted by atomic mass is 16.5. The van der Waals surface area contributed by atoms with Crippen LogP contribution in [0.15, 0.2) is 0 Å². The number of nitrogens with zero attached hydrogens (tertiary/aromatic N) is 1. The molecule has 1 amide bonds. The number of carbonyl (C=O) groups is 1. The molecule has 1 aliphatic heterocycles. The summed E-state index contributed by atoms with van der Waals surface area (Å²) in [5.41, 5.74) is 0.0965. The van der Waals surface area contributed by atoms with E-state index in [9.17, 15) is 9.90 Å². The summed E-state index contributed by atoms with van der Waals surface area (Å²) in [5.74, 6) is 0.176. The summed E-state index contributed by atoms with van der Waals surface area (Å²) in [4.78, 5) is 14.0. The van der Waals surface area contributed by atoms with Gasteiger partial charge in [0.05, 0.1) is 25.7 Å². The van der Waals surface area contributed by atoms with Crippen LogP contribution >= 0.6 is 0 Å². The van der Waals surface area contributed by atoms with Crippen LogP contribution in [0.1, 0.15) is 39.5 Å². The molecule has 2 rings (SSSR count). The van der Waals surface area contributed by atoms with Crippen LogP contribution in [0.5, 0.6) is 0 Å². The highest BCUT2D eigenvalue weighted by Gasteiger charge is 2.41. The number of hydrogen-bond donors (Lipinski definition) is 1. The van der Waals surface area contributed by atoms with E-state index in [4.69, 9.17) is 4.74 Å². The van der Waals surface area contributed by atoms with Gasteiger partial charge < -0.3 is 14.7 Å². The number of aliphatic hydroxyl groups is 1. The minimum absolute atomic E-state index is 0.0965. The van der Waals surface area contributed by atoms with Gasteiger partial charge in [0, 0.05) is 12.6 Å². The van der Waals surface area contributed by atoms with Gasteiger partial charge >= 0.3 is 0 Å². The van der Waals surface area contributed by atoms with Crippen LogP contribution in [0.3, 0.4) is 0 Å². The van der Waals surface area contributed by atoms with Crippen LogP contribution in [-0.2, 0) is 9.53 Å². The first kappa shape index (κ1) is 12.8. The fourth-order valence-corrected chi connectivity index (χ4v) is 2.97. The third kappa shape index (κ3) is 2.80. The van der Waals surface area contributed by atoms with Crippen molar-refractivity contribution in [3.63, 3.8) is 0 Å². The first-order valence-electron chi connectivity index (χ1n) is 6.56. The normalized spacial score (nSPS) is 34.5. The minimum Gasteiger partial charge on any atom is -0.393 e. The Morgan fingerprint density at radius 1 is 1.41 bits per heavy atom. The van der Waals surface area contributed by atoms with Crippen LogP contribution < -0.4 is 0 Å². The van der Waals surface area contributed by atoms with Crippen molar-refractivity contribution in [2.24, 2.45) is 5.41 Å². The summed E-state index contributed by atoms with van der Waals surface area (Å²) in [5, 5.41) is 9.83. The molecule has 4 heteroatoms. The summed E-state index contributed by atoms with van der Waals surface area (Å²) in [7, 11) is 0. The summed E-state index contributed by atoms with van der Waals surface area (Å²) in [6, 6.07) is 0.153. The third-order valence-electron chi connectivity index (χ3n) is 4.15. The van der Waals surface area contributed by atoms with Crippen molar-refractivity contribution in [2.45, 2.75) is 51.7 Å². The van der Waals surface area contributed by atoms with Gasteiger partial charge in [0.25, 0.3) is 0 Å². The summed E-state index contributed by atoms with van der Waals surface area (Å²) in [6.45, 7) is 6.21. The molecule has 17 heavy (non-hydrogen) atoms. The smallest absolute Gasteiger partial charge is 0.225 e. The molecule has 1 saturated carbocycles. The van der Waals surface area contributed by atoms with Gasteiger partial charge in [-0.2, -0.15) is 0 Å². The highest BCUT2D eigenvalue weighted by Crippen LogP contribution is 2.39. The molecule has 0 aromatic carbocycles. The number of hydrogen-bond acceptors (Lipinski definition) is 3. The van der Waals surface area contributed by atoms with Crippen molar-refractivity contribution < 1.29 is 14.6 Å². The largest absolute Gasteiger partial charge is 0.393 e. The first-order chi connectivity index (χ1) is 8.00. The molecule has 2 aliphatic rings. The number of aliphatic hydroxyl groups excluding tert-OH is 1. The van der Waals surface area contributed by atoms with Crippen LogP contribution in [0.4, 0.5) is 0 Å². The molecule has 98 valence electrons. The molecular weight excluding hydrogens is 218 g/mol. The average Bonchev–Trinajstić information content (AvgIpc) is 2.47. The molecule has 4 nitrogen and oxygen atoms in total. The SMILES string of the molecule is CC1(C)CCC(O)CC1N1CCOCCC1=O. The van der Waals surface area contributed by atoms with Crippen LogP contribution in [0.25, 0.3) is 0 Å². The fraction of sp³-hybridized carbons (Fsp3) is 0.923. The Kier molecular flexibility index (Phi) is 3.73. The molecule has 1 N–H and O–H groups in total. The Hall–Kier alpha value is -0.610. The van der Waals surface area contributed by atoms with Gasteiger partial charge in [-0.25, -0.2) is 0 Å². The Bertz CT molecular complexity index is 290. The van der Waals surface area contributed by atoms with Gasteiger partial charge in [-0.05, 0) is 24.7 Å². The van der Waals surface area contributed by atoms with E-state index in [1.165, 1.54) is 0 Å². The molecule has 1 heterocycles. The van der Waals surface area contributed by atoms with E-state index in [0.717, 1.165) is 12.8 Å². The van der Waals surface area contributed by atoms with Gasteiger partial charge in [0.2, 0.25) is 5.91 Å². The predicted molar refractivity (Wildman–Crippen MR) is 64.6 cm³/mol. The van der Waals surface area contributed by atoms with Crippen molar-refractivity contribution in [3.8, 4) is 0 Å². The zero-order valence-corrected chi connectivity index (χ0v) is 10.8. The van der Waals surface area contributed by atoms with Gasteiger partial charge in [-0.3, -0.25) is 4.79 Å². The van der Waals surface area contributed by atoms with E-state index >= 15 is 0 Å². The van der Waals surface area contributed by atoms with Crippen molar-refractivity contribution in [2.75, 3.05) is 19.8 Å². The number of amides is 1. The maximum Gasteiger partial charge on any atom is 0.225 e. The Morgan fingerprint density at radius 2 is 2.18 bits per heavy atom. The molecule has 0 spiro atoms. The lowest BCUT2D eigenvalue weighted by molar-refractivity contribution is -0.138. The molecular formula is C13H23NO3. The zero-order chi connectivity index (χ0) is 12.5. The standard InChI is InChI=1S/C13H23NO3/c1-13(2)5-3-10(15)9-11(13)14-6-8-17-7-4-12(14)16/h10-11,15H,3-9H2,1-2H3. The van der Waals surface area contributed by atoms with Gasteiger partial charge in [0.1, 0.15) is 0 Å². The van der Waals surface area contributed by atoms with Crippen LogP contribution in [0, 0.1) is 5.41 Å².